The number of benzene rings is 4. The molecule has 0 radical (unpaired) electrons. The molecule has 0 spiro atoms. The zero-order chi connectivity index (χ0) is 26.4. The van der Waals surface area contributed by atoms with Gasteiger partial charge in [-0.2, -0.15) is 0 Å². The van der Waals surface area contributed by atoms with Crippen LogP contribution in [0.5, 0.6) is 0 Å². The second kappa shape index (κ2) is 11.5. The Balaban J connectivity index is 1.74. The summed E-state index contributed by atoms with van der Waals surface area (Å²) in [5.74, 6) is -0.441. The molecule has 37 heavy (non-hydrogen) atoms. The van der Waals surface area contributed by atoms with Crippen molar-refractivity contribution < 1.29 is 23.3 Å². The van der Waals surface area contributed by atoms with Gasteiger partial charge in [0, 0.05) is 5.56 Å². The molecule has 0 bridgehead atoms. The maximum Gasteiger partial charge on any atom is 0.488 e. The number of amides is 1. The zero-order valence-corrected chi connectivity index (χ0v) is 21.0. The van der Waals surface area contributed by atoms with Crippen LogP contribution in [0.1, 0.15) is 39.1 Å². The molecule has 188 valence electrons. The van der Waals surface area contributed by atoms with E-state index in [1.807, 2.05) is 67.6 Å². The van der Waals surface area contributed by atoms with Crippen LogP contribution in [-0.2, 0) is 10.0 Å². The number of carbonyl (C=O) groups is 1. The standard InChI is InChI=1S/C28H27BN2O5S/c1-20-12-18-25(19-13-20)37(35,36)31-27(22-10-6-3-7-11-22)26(21-8-4-2-5-9-21)30-28(32)23-14-16-24(17-15-23)29(33)34/h2-19,26-27,31,33-34H,1H3,(H,30,32)/t26-,27-/m1/s1. The smallest absolute Gasteiger partial charge is 0.423 e. The molecular weight excluding hydrogens is 487 g/mol. The minimum absolute atomic E-state index is 0.121. The highest BCUT2D eigenvalue weighted by molar-refractivity contribution is 7.89. The highest BCUT2D eigenvalue weighted by Gasteiger charge is 2.31. The summed E-state index contributed by atoms with van der Waals surface area (Å²) in [6.45, 7) is 1.88. The Bertz CT molecular complexity index is 1430. The number of rotatable bonds is 9. The maximum atomic E-state index is 13.4. The fourth-order valence-corrected chi connectivity index (χ4v) is 5.23. The lowest BCUT2D eigenvalue weighted by Crippen LogP contribution is -2.41. The van der Waals surface area contributed by atoms with Crippen molar-refractivity contribution in [1.29, 1.82) is 0 Å². The summed E-state index contributed by atoms with van der Waals surface area (Å²) in [6, 6.07) is 29.0. The molecule has 4 rings (SSSR count). The lowest BCUT2D eigenvalue weighted by molar-refractivity contribution is 0.0928. The molecule has 0 aliphatic rings. The quantitative estimate of drug-likeness (QED) is 0.257. The van der Waals surface area contributed by atoms with Gasteiger partial charge < -0.3 is 15.4 Å². The maximum absolute atomic E-state index is 13.4. The van der Waals surface area contributed by atoms with Crippen molar-refractivity contribution in [3.8, 4) is 0 Å². The molecule has 2 atom stereocenters. The topological polar surface area (TPSA) is 116 Å². The van der Waals surface area contributed by atoms with E-state index in [1.54, 1.807) is 24.3 Å². The summed E-state index contributed by atoms with van der Waals surface area (Å²) in [4.78, 5) is 13.4. The second-order valence-corrected chi connectivity index (χ2v) is 10.4. The summed E-state index contributed by atoms with van der Waals surface area (Å²) in [7, 11) is -5.60. The number of hydrogen-bond donors (Lipinski definition) is 4. The minimum atomic E-state index is -3.95. The van der Waals surface area contributed by atoms with Crippen molar-refractivity contribution in [3.63, 3.8) is 0 Å². The molecule has 0 aromatic heterocycles. The normalized spacial score (nSPS) is 12.9. The zero-order valence-electron chi connectivity index (χ0n) is 20.2. The second-order valence-electron chi connectivity index (χ2n) is 8.68. The molecule has 0 aliphatic carbocycles. The van der Waals surface area contributed by atoms with Gasteiger partial charge in [0.1, 0.15) is 0 Å². The largest absolute Gasteiger partial charge is 0.488 e. The molecule has 4 aromatic carbocycles. The molecular formula is C28H27BN2O5S. The molecule has 0 saturated carbocycles. The summed E-state index contributed by atoms with van der Waals surface area (Å²) in [6.07, 6.45) is 0. The number of aryl methyl sites for hydroxylation is 1. The van der Waals surface area contributed by atoms with Crippen LogP contribution < -0.4 is 15.5 Å². The van der Waals surface area contributed by atoms with Gasteiger partial charge in [-0.1, -0.05) is 90.5 Å². The van der Waals surface area contributed by atoms with Gasteiger partial charge >= 0.3 is 7.12 Å². The Morgan fingerprint density at radius 3 is 1.76 bits per heavy atom. The first kappa shape index (κ1) is 26.3. The third-order valence-corrected chi connectivity index (χ3v) is 7.48. The van der Waals surface area contributed by atoms with E-state index in [2.05, 4.69) is 10.0 Å². The lowest BCUT2D eigenvalue weighted by Gasteiger charge is -2.30. The van der Waals surface area contributed by atoms with Crippen LogP contribution in [-0.4, -0.2) is 31.5 Å². The predicted octanol–water partition coefficient (Wildman–Crippen LogP) is 2.87. The molecule has 0 unspecified atom stereocenters. The van der Waals surface area contributed by atoms with Crippen LogP contribution in [0.25, 0.3) is 0 Å². The summed E-state index contributed by atoms with van der Waals surface area (Å²) >= 11 is 0. The summed E-state index contributed by atoms with van der Waals surface area (Å²) in [5.41, 5.74) is 2.86. The first-order valence-corrected chi connectivity index (χ1v) is 13.2. The molecule has 0 saturated heterocycles. The van der Waals surface area contributed by atoms with Crippen molar-refractivity contribution in [2.75, 3.05) is 0 Å². The van der Waals surface area contributed by atoms with Crippen LogP contribution in [0.15, 0.2) is 114 Å². The predicted molar refractivity (Wildman–Crippen MR) is 144 cm³/mol. The molecule has 1 amide bonds. The van der Waals surface area contributed by atoms with E-state index in [1.165, 1.54) is 24.3 Å². The van der Waals surface area contributed by atoms with Gasteiger partial charge in [0.05, 0.1) is 17.0 Å². The van der Waals surface area contributed by atoms with E-state index in [-0.39, 0.29) is 10.4 Å². The Morgan fingerprint density at radius 1 is 0.730 bits per heavy atom. The van der Waals surface area contributed by atoms with E-state index in [0.717, 1.165) is 5.56 Å². The molecule has 7 nitrogen and oxygen atoms in total. The fraction of sp³-hybridized carbons (Fsp3) is 0.107. The van der Waals surface area contributed by atoms with Gasteiger partial charge in [-0.15, -0.1) is 0 Å². The molecule has 4 N–H and O–H groups in total. The van der Waals surface area contributed by atoms with Gasteiger partial charge in [0.25, 0.3) is 5.91 Å². The van der Waals surface area contributed by atoms with E-state index in [0.29, 0.717) is 16.7 Å². The van der Waals surface area contributed by atoms with Crippen molar-refractivity contribution in [3.05, 3.63) is 131 Å². The van der Waals surface area contributed by atoms with Crippen LogP contribution in [0, 0.1) is 6.92 Å². The van der Waals surface area contributed by atoms with Crippen molar-refractivity contribution in [2.45, 2.75) is 23.9 Å². The van der Waals surface area contributed by atoms with E-state index in [4.69, 9.17) is 0 Å². The highest BCUT2D eigenvalue weighted by atomic mass is 32.2. The molecule has 0 heterocycles. The van der Waals surface area contributed by atoms with Crippen LogP contribution in [0.3, 0.4) is 0 Å². The summed E-state index contributed by atoms with van der Waals surface area (Å²) in [5, 5.41) is 21.7. The van der Waals surface area contributed by atoms with Gasteiger partial charge in [-0.3, -0.25) is 4.79 Å². The van der Waals surface area contributed by atoms with Crippen molar-refractivity contribution >= 4 is 28.5 Å². The number of carbonyl (C=O) groups excluding carboxylic acids is 1. The number of hydrogen-bond acceptors (Lipinski definition) is 5. The third-order valence-electron chi connectivity index (χ3n) is 6.02. The average molecular weight is 514 g/mol. The van der Waals surface area contributed by atoms with Gasteiger partial charge in [-0.25, -0.2) is 13.1 Å². The minimum Gasteiger partial charge on any atom is -0.423 e. The van der Waals surface area contributed by atoms with Gasteiger partial charge in [0.15, 0.2) is 0 Å². The van der Waals surface area contributed by atoms with E-state index < -0.39 is 35.1 Å². The van der Waals surface area contributed by atoms with E-state index >= 15 is 0 Å². The Labute approximate surface area is 217 Å². The fourth-order valence-electron chi connectivity index (χ4n) is 3.99. The van der Waals surface area contributed by atoms with Crippen molar-refractivity contribution in [1.82, 2.24) is 10.0 Å². The highest BCUT2D eigenvalue weighted by Crippen LogP contribution is 2.31. The summed E-state index contributed by atoms with van der Waals surface area (Å²) < 4.78 is 29.7. The van der Waals surface area contributed by atoms with E-state index in [9.17, 15) is 23.3 Å². The van der Waals surface area contributed by atoms with Gasteiger partial charge in [-0.05, 0) is 47.8 Å². The SMILES string of the molecule is Cc1ccc(S(=O)(=O)N[C@H](c2ccccc2)[C@H](NC(=O)c2ccc(B(O)O)cc2)c2ccccc2)cc1. The third kappa shape index (κ3) is 6.52. The molecule has 0 fully saturated rings. The molecule has 0 aliphatic heterocycles. The Morgan fingerprint density at radius 2 is 1.24 bits per heavy atom. The number of nitrogens with one attached hydrogen (secondary N) is 2. The lowest BCUT2D eigenvalue weighted by atomic mass is 9.80. The molecule has 9 heteroatoms. The Hall–Kier alpha value is -3.76. The monoisotopic (exact) mass is 514 g/mol. The van der Waals surface area contributed by atoms with Crippen LogP contribution in [0.2, 0.25) is 0 Å². The molecule has 4 aromatic rings. The number of sulfonamides is 1. The first-order chi connectivity index (χ1) is 17.7. The Kier molecular flexibility index (Phi) is 8.20. The average Bonchev–Trinajstić information content (AvgIpc) is 2.92. The van der Waals surface area contributed by atoms with Crippen LogP contribution >= 0.6 is 0 Å². The van der Waals surface area contributed by atoms with Crippen molar-refractivity contribution in [2.24, 2.45) is 0 Å². The van der Waals surface area contributed by atoms with Crippen LogP contribution in [0.4, 0.5) is 0 Å². The van der Waals surface area contributed by atoms with Gasteiger partial charge in [0.2, 0.25) is 10.0 Å². The first-order valence-electron chi connectivity index (χ1n) is 11.7.